The summed E-state index contributed by atoms with van der Waals surface area (Å²) in [7, 11) is 0. The third-order valence-electron chi connectivity index (χ3n) is 3.87. The quantitative estimate of drug-likeness (QED) is 0.814. The van der Waals surface area contributed by atoms with Gasteiger partial charge in [-0.25, -0.2) is 0 Å². The highest BCUT2D eigenvalue weighted by atomic mass is 16.3. The monoisotopic (exact) mass is 218 g/mol. The maximum Gasteiger partial charge on any atom is 0.0921 e. The van der Waals surface area contributed by atoms with E-state index in [1.165, 1.54) is 18.4 Å². The molecule has 0 radical (unpaired) electrons. The van der Waals surface area contributed by atoms with Gasteiger partial charge in [-0.15, -0.1) is 0 Å². The van der Waals surface area contributed by atoms with E-state index in [4.69, 9.17) is 0 Å². The molecule has 1 N–H and O–H groups in total. The third-order valence-corrected chi connectivity index (χ3v) is 3.87. The first-order valence-electron chi connectivity index (χ1n) is 6.40. The summed E-state index contributed by atoms with van der Waals surface area (Å²) in [6.45, 7) is 6.47. The van der Waals surface area contributed by atoms with E-state index in [0.29, 0.717) is 11.8 Å². The first-order valence-corrected chi connectivity index (χ1v) is 6.40. The predicted molar refractivity (Wildman–Crippen MR) is 67.4 cm³/mol. The van der Waals surface area contributed by atoms with Gasteiger partial charge in [-0.05, 0) is 42.2 Å². The van der Waals surface area contributed by atoms with Crippen LogP contribution in [-0.4, -0.2) is 5.11 Å². The molecule has 1 heteroatoms. The van der Waals surface area contributed by atoms with Crippen molar-refractivity contribution in [2.45, 2.75) is 51.6 Å². The van der Waals surface area contributed by atoms with E-state index in [9.17, 15) is 5.11 Å². The lowest BCUT2D eigenvalue weighted by Gasteiger charge is -2.27. The molecule has 1 aliphatic carbocycles. The van der Waals surface area contributed by atoms with Gasteiger partial charge in [-0.3, -0.25) is 0 Å². The van der Waals surface area contributed by atoms with E-state index < -0.39 is 5.60 Å². The van der Waals surface area contributed by atoms with Gasteiger partial charge in [0.2, 0.25) is 0 Å². The Bertz CT molecular complexity index is 348. The van der Waals surface area contributed by atoms with Crippen LogP contribution >= 0.6 is 0 Å². The molecule has 1 aromatic carbocycles. The minimum atomic E-state index is -0.574. The number of hydrogen-bond acceptors (Lipinski definition) is 1. The van der Waals surface area contributed by atoms with Crippen molar-refractivity contribution in [2.24, 2.45) is 5.92 Å². The van der Waals surface area contributed by atoms with Crippen LogP contribution in [0, 0.1) is 5.92 Å². The maximum absolute atomic E-state index is 10.7. The van der Waals surface area contributed by atoms with Crippen LogP contribution < -0.4 is 0 Å². The first kappa shape index (κ1) is 11.7. The van der Waals surface area contributed by atoms with Crippen molar-refractivity contribution < 1.29 is 5.11 Å². The van der Waals surface area contributed by atoms with E-state index in [2.05, 4.69) is 45.0 Å². The standard InChI is InChI=1S/C15H22O/c1-4-15(16,14-9-10-14)13-7-5-12(6-8-13)11(2)3/h5-8,11,14,16H,4,9-10H2,1-3H3. The predicted octanol–water partition coefficient (Wildman–Crippen LogP) is 3.82. The van der Waals surface area contributed by atoms with Crippen molar-refractivity contribution in [3.63, 3.8) is 0 Å². The second-order valence-electron chi connectivity index (χ2n) is 5.33. The highest BCUT2D eigenvalue weighted by Gasteiger charge is 2.43. The minimum absolute atomic E-state index is 0.488. The second-order valence-corrected chi connectivity index (χ2v) is 5.33. The molecule has 1 atom stereocenters. The topological polar surface area (TPSA) is 20.2 Å². The minimum Gasteiger partial charge on any atom is -0.385 e. The number of aliphatic hydroxyl groups is 1. The summed E-state index contributed by atoms with van der Waals surface area (Å²) in [6.07, 6.45) is 3.17. The van der Waals surface area contributed by atoms with Crippen molar-refractivity contribution in [3.05, 3.63) is 35.4 Å². The lowest BCUT2D eigenvalue weighted by molar-refractivity contribution is 0.00888. The molecule has 0 aromatic heterocycles. The van der Waals surface area contributed by atoms with Gasteiger partial charge in [0.25, 0.3) is 0 Å². The SMILES string of the molecule is CCC(O)(c1ccc(C(C)C)cc1)C1CC1. The lowest BCUT2D eigenvalue weighted by Crippen LogP contribution is -2.27. The fourth-order valence-corrected chi connectivity index (χ4v) is 2.45. The molecule has 88 valence electrons. The summed E-state index contributed by atoms with van der Waals surface area (Å²) in [4.78, 5) is 0. The van der Waals surface area contributed by atoms with Crippen LogP contribution in [0.4, 0.5) is 0 Å². The van der Waals surface area contributed by atoms with E-state index in [-0.39, 0.29) is 0 Å². The Balaban J connectivity index is 2.25. The van der Waals surface area contributed by atoms with Crippen molar-refractivity contribution in [3.8, 4) is 0 Å². The highest BCUT2D eigenvalue weighted by Crippen LogP contribution is 2.47. The summed E-state index contributed by atoms with van der Waals surface area (Å²) in [5.41, 5.74) is 1.87. The molecule has 0 spiro atoms. The molecular formula is C15H22O. The highest BCUT2D eigenvalue weighted by molar-refractivity contribution is 5.30. The average Bonchev–Trinajstić information content (AvgIpc) is 3.12. The molecule has 1 saturated carbocycles. The molecule has 16 heavy (non-hydrogen) atoms. The lowest BCUT2D eigenvalue weighted by atomic mass is 9.85. The van der Waals surface area contributed by atoms with Gasteiger partial charge in [0, 0.05) is 0 Å². The summed E-state index contributed by atoms with van der Waals surface area (Å²) in [5.74, 6) is 1.05. The molecule has 0 aliphatic heterocycles. The van der Waals surface area contributed by atoms with Crippen LogP contribution in [0.15, 0.2) is 24.3 Å². The van der Waals surface area contributed by atoms with Gasteiger partial charge >= 0.3 is 0 Å². The van der Waals surface area contributed by atoms with E-state index in [1.54, 1.807) is 0 Å². The Hall–Kier alpha value is -0.820. The summed E-state index contributed by atoms with van der Waals surface area (Å²) in [5, 5.41) is 10.7. The van der Waals surface area contributed by atoms with Gasteiger partial charge < -0.3 is 5.11 Å². The molecule has 2 rings (SSSR count). The summed E-state index contributed by atoms with van der Waals surface area (Å²) in [6, 6.07) is 8.53. The van der Waals surface area contributed by atoms with Crippen LogP contribution in [0.5, 0.6) is 0 Å². The second kappa shape index (κ2) is 4.21. The molecule has 1 aliphatic rings. The van der Waals surface area contributed by atoms with Crippen LogP contribution in [0.2, 0.25) is 0 Å². The van der Waals surface area contributed by atoms with Crippen LogP contribution in [0.25, 0.3) is 0 Å². The molecule has 1 unspecified atom stereocenters. The zero-order valence-electron chi connectivity index (χ0n) is 10.5. The molecule has 0 heterocycles. The summed E-state index contributed by atoms with van der Waals surface area (Å²) < 4.78 is 0. The number of hydrogen-bond donors (Lipinski definition) is 1. The van der Waals surface area contributed by atoms with E-state index in [1.807, 2.05) is 0 Å². The number of benzene rings is 1. The Kier molecular flexibility index (Phi) is 3.07. The Morgan fingerprint density at radius 3 is 2.19 bits per heavy atom. The van der Waals surface area contributed by atoms with E-state index in [0.717, 1.165) is 12.0 Å². The first-order chi connectivity index (χ1) is 7.58. The normalized spacial score (nSPS) is 19.8. The van der Waals surface area contributed by atoms with Gasteiger partial charge in [-0.1, -0.05) is 45.0 Å². The van der Waals surface area contributed by atoms with Crippen LogP contribution in [-0.2, 0) is 5.60 Å². The fraction of sp³-hybridized carbons (Fsp3) is 0.600. The van der Waals surface area contributed by atoms with Gasteiger partial charge in [0.05, 0.1) is 5.60 Å². The van der Waals surface area contributed by atoms with Crippen LogP contribution in [0.1, 0.15) is 57.1 Å². The Morgan fingerprint density at radius 2 is 1.81 bits per heavy atom. The van der Waals surface area contributed by atoms with Crippen molar-refractivity contribution in [2.75, 3.05) is 0 Å². The molecule has 0 saturated heterocycles. The zero-order chi connectivity index (χ0) is 11.8. The molecule has 0 bridgehead atoms. The largest absolute Gasteiger partial charge is 0.385 e. The average molecular weight is 218 g/mol. The molecular weight excluding hydrogens is 196 g/mol. The van der Waals surface area contributed by atoms with Crippen molar-refractivity contribution in [1.82, 2.24) is 0 Å². The Morgan fingerprint density at radius 1 is 1.25 bits per heavy atom. The fourth-order valence-electron chi connectivity index (χ4n) is 2.45. The molecule has 1 aromatic rings. The molecule has 1 nitrogen and oxygen atoms in total. The summed E-state index contributed by atoms with van der Waals surface area (Å²) >= 11 is 0. The maximum atomic E-state index is 10.7. The molecule has 0 amide bonds. The molecule has 1 fully saturated rings. The van der Waals surface area contributed by atoms with Gasteiger partial charge in [-0.2, -0.15) is 0 Å². The third kappa shape index (κ3) is 2.01. The zero-order valence-corrected chi connectivity index (χ0v) is 10.5. The van der Waals surface area contributed by atoms with Gasteiger partial charge in [0.1, 0.15) is 0 Å². The smallest absolute Gasteiger partial charge is 0.0921 e. The van der Waals surface area contributed by atoms with Crippen LogP contribution in [0.3, 0.4) is 0 Å². The van der Waals surface area contributed by atoms with Crippen molar-refractivity contribution >= 4 is 0 Å². The van der Waals surface area contributed by atoms with Crippen molar-refractivity contribution in [1.29, 1.82) is 0 Å². The van der Waals surface area contributed by atoms with Gasteiger partial charge in [0.15, 0.2) is 0 Å². The van der Waals surface area contributed by atoms with E-state index >= 15 is 0 Å². The number of rotatable bonds is 4. The Labute approximate surface area is 98.5 Å².